The van der Waals surface area contributed by atoms with Crippen molar-refractivity contribution < 1.29 is 22.6 Å². The quantitative estimate of drug-likeness (QED) is 0.341. The van der Waals surface area contributed by atoms with Crippen LogP contribution in [0.3, 0.4) is 0 Å². The van der Waals surface area contributed by atoms with E-state index in [9.17, 15) is 13.2 Å². The number of hydrogen-bond donors (Lipinski definition) is 0. The molecule has 0 spiro atoms. The van der Waals surface area contributed by atoms with E-state index in [0.717, 1.165) is 43.6 Å². The van der Waals surface area contributed by atoms with E-state index in [1.807, 2.05) is 38.1 Å². The third-order valence-electron chi connectivity index (χ3n) is 4.37. The summed E-state index contributed by atoms with van der Waals surface area (Å²) >= 11 is 2.27. The zero-order chi connectivity index (χ0) is 22.9. The van der Waals surface area contributed by atoms with Crippen LogP contribution >= 0.6 is 22.7 Å². The van der Waals surface area contributed by atoms with Crippen LogP contribution in [0.15, 0.2) is 35.7 Å². The first-order chi connectivity index (χ1) is 15.2. The number of methoxy groups -OCH3 is 1. The number of rotatable bonds is 6. The number of aromatic nitrogens is 4. The molecule has 0 bridgehead atoms. The molecule has 6 nitrogen and oxygen atoms in total. The molecule has 0 N–H and O–H groups in total. The molecule has 0 unspecified atom stereocenters. The van der Waals surface area contributed by atoms with Crippen LogP contribution in [0.1, 0.15) is 22.0 Å². The van der Waals surface area contributed by atoms with Gasteiger partial charge >= 0.3 is 6.18 Å². The van der Waals surface area contributed by atoms with Gasteiger partial charge in [-0.1, -0.05) is 12.1 Å². The first-order valence-corrected chi connectivity index (χ1v) is 11.0. The lowest BCUT2D eigenvalue weighted by molar-refractivity contribution is -0.140. The lowest BCUT2D eigenvalue weighted by atomic mass is 10.2. The first kappa shape index (κ1) is 22.2. The molecule has 0 fully saturated rings. The molecule has 166 valence electrons. The molecule has 0 aliphatic carbocycles. The Hall–Kier alpha value is -3.05. The van der Waals surface area contributed by atoms with E-state index in [4.69, 9.17) is 9.47 Å². The number of halogens is 3. The van der Waals surface area contributed by atoms with Crippen molar-refractivity contribution in [1.82, 2.24) is 19.9 Å². The summed E-state index contributed by atoms with van der Waals surface area (Å²) in [5.74, 6) is 1.02. The Balaban J connectivity index is 1.70. The van der Waals surface area contributed by atoms with Crippen molar-refractivity contribution in [3.8, 4) is 33.0 Å². The minimum Gasteiger partial charge on any atom is -0.497 e. The van der Waals surface area contributed by atoms with Crippen LogP contribution in [0.2, 0.25) is 0 Å². The second-order valence-corrected chi connectivity index (χ2v) is 8.80. The van der Waals surface area contributed by atoms with Crippen LogP contribution < -0.4 is 9.47 Å². The number of hydrogen-bond acceptors (Lipinski definition) is 8. The molecule has 0 amide bonds. The molecule has 4 rings (SSSR count). The minimum atomic E-state index is -4.54. The lowest BCUT2D eigenvalue weighted by Crippen LogP contribution is -2.05. The van der Waals surface area contributed by atoms with E-state index in [0.29, 0.717) is 5.69 Å². The number of nitrogens with zero attached hydrogens (tertiary/aromatic N) is 4. The summed E-state index contributed by atoms with van der Waals surface area (Å²) < 4.78 is 50.1. The van der Waals surface area contributed by atoms with Crippen LogP contribution in [0.5, 0.6) is 11.6 Å². The largest absolute Gasteiger partial charge is 0.497 e. The zero-order valence-electron chi connectivity index (χ0n) is 17.2. The van der Waals surface area contributed by atoms with E-state index >= 15 is 0 Å². The third-order valence-corrected chi connectivity index (χ3v) is 6.30. The van der Waals surface area contributed by atoms with Crippen molar-refractivity contribution in [2.45, 2.75) is 26.6 Å². The minimum absolute atomic E-state index is 0.0624. The van der Waals surface area contributed by atoms with Gasteiger partial charge in [-0.15, -0.1) is 22.7 Å². The average Bonchev–Trinajstić information content (AvgIpc) is 3.39. The maximum atomic E-state index is 13.0. The van der Waals surface area contributed by atoms with Gasteiger partial charge in [0.2, 0.25) is 5.88 Å². The second-order valence-electron chi connectivity index (χ2n) is 6.73. The lowest BCUT2D eigenvalue weighted by Gasteiger charge is -2.09. The summed E-state index contributed by atoms with van der Waals surface area (Å²) in [4.78, 5) is 17.7. The van der Waals surface area contributed by atoms with E-state index in [-0.39, 0.29) is 23.3 Å². The molecule has 32 heavy (non-hydrogen) atoms. The molecule has 0 aliphatic heterocycles. The maximum Gasteiger partial charge on any atom is 0.434 e. The van der Waals surface area contributed by atoms with Gasteiger partial charge in [0, 0.05) is 11.4 Å². The van der Waals surface area contributed by atoms with Crippen molar-refractivity contribution in [1.29, 1.82) is 0 Å². The Morgan fingerprint density at radius 3 is 2.34 bits per heavy atom. The second kappa shape index (κ2) is 8.83. The van der Waals surface area contributed by atoms with E-state index < -0.39 is 11.9 Å². The molecular formula is C21H17F3N4O2S2. The van der Waals surface area contributed by atoms with Crippen molar-refractivity contribution >= 4 is 22.7 Å². The topological polar surface area (TPSA) is 70.0 Å². The average molecular weight is 479 g/mol. The Kier molecular flexibility index (Phi) is 6.11. The van der Waals surface area contributed by atoms with Crippen LogP contribution in [0, 0.1) is 13.8 Å². The van der Waals surface area contributed by atoms with E-state index in [1.54, 1.807) is 13.2 Å². The van der Waals surface area contributed by atoms with E-state index in [1.165, 1.54) is 11.3 Å². The fourth-order valence-electron chi connectivity index (χ4n) is 2.87. The standard InChI is InChI=1S/C21H17F3N4O2S2/c1-11-18(32-12(2)25-11)15-8-17(30-9-13-4-6-14(29-3)7-5-13)28-19(26-15)20-27-16(10-31-20)21(22,23)24/h4-8,10H,9H2,1-3H3. The summed E-state index contributed by atoms with van der Waals surface area (Å²) in [6.07, 6.45) is -4.54. The highest BCUT2D eigenvalue weighted by atomic mass is 32.1. The van der Waals surface area contributed by atoms with E-state index in [2.05, 4.69) is 19.9 Å². The first-order valence-electron chi connectivity index (χ1n) is 9.35. The van der Waals surface area contributed by atoms with Gasteiger partial charge in [0.25, 0.3) is 0 Å². The molecule has 0 saturated heterocycles. The van der Waals surface area contributed by atoms with Gasteiger partial charge in [0.15, 0.2) is 16.5 Å². The van der Waals surface area contributed by atoms with Gasteiger partial charge < -0.3 is 9.47 Å². The highest BCUT2D eigenvalue weighted by Crippen LogP contribution is 2.35. The van der Waals surface area contributed by atoms with Gasteiger partial charge in [0.1, 0.15) is 12.4 Å². The number of ether oxygens (including phenoxy) is 2. The highest BCUT2D eigenvalue weighted by molar-refractivity contribution is 7.15. The highest BCUT2D eigenvalue weighted by Gasteiger charge is 2.34. The van der Waals surface area contributed by atoms with Crippen LogP contribution in [-0.4, -0.2) is 27.0 Å². The summed E-state index contributed by atoms with van der Waals surface area (Å²) in [6.45, 7) is 3.94. The fraction of sp³-hybridized carbons (Fsp3) is 0.238. The maximum absolute atomic E-state index is 13.0. The fourth-order valence-corrected chi connectivity index (χ4v) is 4.50. The Morgan fingerprint density at radius 1 is 1.00 bits per heavy atom. The zero-order valence-corrected chi connectivity index (χ0v) is 18.9. The molecule has 0 aliphatic rings. The van der Waals surface area contributed by atoms with Crippen LogP contribution in [-0.2, 0) is 12.8 Å². The third kappa shape index (κ3) is 4.89. The summed E-state index contributed by atoms with van der Waals surface area (Å²) in [6, 6.07) is 9.00. The predicted octanol–water partition coefficient (Wildman–Crippen LogP) is 5.95. The molecular weight excluding hydrogens is 461 g/mol. The number of aryl methyl sites for hydroxylation is 2. The number of benzene rings is 1. The van der Waals surface area contributed by atoms with Gasteiger partial charge in [0.05, 0.1) is 28.4 Å². The molecule has 11 heteroatoms. The number of thiazole rings is 2. The smallest absolute Gasteiger partial charge is 0.434 e. The molecule has 3 heterocycles. The molecule has 0 saturated carbocycles. The summed E-state index contributed by atoms with van der Waals surface area (Å²) in [5.41, 5.74) is 1.20. The SMILES string of the molecule is COc1ccc(COc2cc(-c3sc(C)nc3C)nc(-c3nc(C(F)(F)F)cs3)n2)cc1. The molecule has 1 aromatic carbocycles. The Morgan fingerprint density at radius 2 is 1.75 bits per heavy atom. The van der Waals surface area contributed by atoms with Crippen LogP contribution in [0.25, 0.3) is 21.4 Å². The van der Waals surface area contributed by atoms with Crippen molar-refractivity contribution in [2.24, 2.45) is 0 Å². The van der Waals surface area contributed by atoms with Gasteiger partial charge in [-0.05, 0) is 31.5 Å². The summed E-state index contributed by atoms with van der Waals surface area (Å²) in [7, 11) is 1.58. The van der Waals surface area contributed by atoms with Gasteiger partial charge in [-0.3, -0.25) is 0 Å². The molecule has 0 radical (unpaired) electrons. The number of alkyl halides is 3. The van der Waals surface area contributed by atoms with Gasteiger partial charge in [-0.2, -0.15) is 18.2 Å². The summed E-state index contributed by atoms with van der Waals surface area (Å²) in [5, 5.41) is 1.87. The Labute approximate surface area is 189 Å². The van der Waals surface area contributed by atoms with Crippen molar-refractivity contribution in [3.63, 3.8) is 0 Å². The van der Waals surface area contributed by atoms with Crippen molar-refractivity contribution in [2.75, 3.05) is 7.11 Å². The van der Waals surface area contributed by atoms with Crippen LogP contribution in [0.4, 0.5) is 13.2 Å². The monoisotopic (exact) mass is 478 g/mol. The van der Waals surface area contributed by atoms with Gasteiger partial charge in [-0.25, -0.2) is 15.0 Å². The normalized spacial score (nSPS) is 11.6. The van der Waals surface area contributed by atoms with Crippen molar-refractivity contribution in [3.05, 3.63) is 57.7 Å². The predicted molar refractivity (Wildman–Crippen MR) is 116 cm³/mol. The Bertz CT molecular complexity index is 1240. The molecule has 3 aromatic heterocycles. The molecule has 0 atom stereocenters. The molecule has 4 aromatic rings.